The number of hydrogen-bond donors (Lipinski definition) is 0. The summed E-state index contributed by atoms with van der Waals surface area (Å²) in [5.74, 6) is 1.94. The van der Waals surface area contributed by atoms with Gasteiger partial charge in [-0.25, -0.2) is 0 Å². The summed E-state index contributed by atoms with van der Waals surface area (Å²) in [6.45, 7) is 6.31. The van der Waals surface area contributed by atoms with Crippen LogP contribution < -0.4 is 0 Å². The molecule has 0 aliphatic heterocycles. The van der Waals surface area contributed by atoms with Crippen molar-refractivity contribution in [3.8, 4) is 0 Å². The van der Waals surface area contributed by atoms with E-state index in [-0.39, 0.29) is 5.78 Å². The standard InChI is InChI=1S/C10H17BrOS/c1-4-10(9(12)7-11)13-6-5-8(2)3/h4,8H,5-7H2,1-3H3/b10-4-. The Morgan fingerprint density at radius 2 is 2.15 bits per heavy atom. The molecule has 0 spiro atoms. The molecule has 0 atom stereocenters. The van der Waals surface area contributed by atoms with E-state index in [1.165, 1.54) is 0 Å². The summed E-state index contributed by atoms with van der Waals surface area (Å²) >= 11 is 4.84. The molecule has 0 amide bonds. The Bertz CT molecular complexity index is 187. The smallest absolute Gasteiger partial charge is 0.179 e. The highest BCUT2D eigenvalue weighted by Gasteiger charge is 2.07. The van der Waals surface area contributed by atoms with Crippen molar-refractivity contribution in [1.29, 1.82) is 0 Å². The SMILES string of the molecule is C/C=C(\SCCC(C)C)C(=O)CBr. The van der Waals surface area contributed by atoms with Gasteiger partial charge in [-0.05, 0) is 25.0 Å². The third-order valence-electron chi connectivity index (χ3n) is 1.61. The van der Waals surface area contributed by atoms with E-state index in [1.54, 1.807) is 11.8 Å². The minimum absolute atomic E-state index is 0.191. The first-order valence-corrected chi connectivity index (χ1v) is 6.60. The number of allylic oxidation sites excluding steroid dienone is 2. The number of halogens is 1. The molecule has 0 aliphatic carbocycles. The summed E-state index contributed by atoms with van der Waals surface area (Å²) in [4.78, 5) is 12.2. The average Bonchev–Trinajstić information content (AvgIpc) is 2.11. The van der Waals surface area contributed by atoms with E-state index in [2.05, 4.69) is 29.8 Å². The molecular weight excluding hydrogens is 248 g/mol. The first-order chi connectivity index (χ1) is 6.11. The third kappa shape index (κ3) is 6.33. The van der Waals surface area contributed by atoms with Crippen LogP contribution in [0.15, 0.2) is 11.0 Å². The fourth-order valence-electron chi connectivity index (χ4n) is 0.795. The highest BCUT2D eigenvalue weighted by molar-refractivity contribution is 9.09. The second-order valence-corrected chi connectivity index (χ2v) is 4.94. The molecule has 0 fully saturated rings. The van der Waals surface area contributed by atoms with Gasteiger partial charge in [0.05, 0.1) is 5.33 Å². The average molecular weight is 265 g/mol. The predicted octanol–water partition coefficient (Wildman–Crippen LogP) is 3.63. The summed E-state index contributed by atoms with van der Waals surface area (Å²) in [5.41, 5.74) is 0. The van der Waals surface area contributed by atoms with Crippen LogP contribution >= 0.6 is 27.7 Å². The number of alkyl halides is 1. The van der Waals surface area contributed by atoms with Gasteiger partial charge in [-0.1, -0.05) is 35.9 Å². The molecule has 0 N–H and O–H groups in total. The van der Waals surface area contributed by atoms with Gasteiger partial charge in [0, 0.05) is 4.91 Å². The van der Waals surface area contributed by atoms with E-state index in [9.17, 15) is 4.79 Å². The summed E-state index contributed by atoms with van der Waals surface area (Å²) in [7, 11) is 0. The maximum Gasteiger partial charge on any atom is 0.179 e. The highest BCUT2D eigenvalue weighted by Crippen LogP contribution is 2.20. The fourth-order valence-corrected chi connectivity index (χ4v) is 2.49. The summed E-state index contributed by atoms with van der Waals surface area (Å²) in [6.07, 6.45) is 3.06. The van der Waals surface area contributed by atoms with E-state index in [0.29, 0.717) is 11.2 Å². The van der Waals surface area contributed by atoms with Crippen molar-refractivity contribution < 1.29 is 4.79 Å². The number of carbonyl (C=O) groups excluding carboxylic acids is 1. The monoisotopic (exact) mass is 264 g/mol. The normalized spacial score (nSPS) is 12.2. The molecular formula is C10H17BrOS. The van der Waals surface area contributed by atoms with Gasteiger partial charge in [-0.3, -0.25) is 4.79 Å². The Morgan fingerprint density at radius 1 is 1.54 bits per heavy atom. The first-order valence-electron chi connectivity index (χ1n) is 4.50. The topological polar surface area (TPSA) is 17.1 Å². The van der Waals surface area contributed by atoms with Crippen molar-refractivity contribution >= 4 is 33.5 Å². The second kappa shape index (κ2) is 7.63. The zero-order chi connectivity index (χ0) is 10.3. The van der Waals surface area contributed by atoms with Gasteiger partial charge < -0.3 is 0 Å². The molecule has 1 nitrogen and oxygen atoms in total. The number of carbonyl (C=O) groups is 1. The summed E-state index contributed by atoms with van der Waals surface area (Å²) in [6, 6.07) is 0. The van der Waals surface area contributed by atoms with E-state index in [0.717, 1.165) is 17.1 Å². The fraction of sp³-hybridized carbons (Fsp3) is 0.700. The molecule has 0 aromatic heterocycles. The first kappa shape index (κ1) is 13.2. The zero-order valence-electron chi connectivity index (χ0n) is 8.47. The van der Waals surface area contributed by atoms with Crippen LogP contribution in [-0.4, -0.2) is 16.9 Å². The Labute approximate surface area is 93.5 Å². The van der Waals surface area contributed by atoms with Gasteiger partial charge in [-0.2, -0.15) is 0 Å². The molecule has 0 unspecified atom stereocenters. The van der Waals surface area contributed by atoms with Crippen molar-refractivity contribution in [2.24, 2.45) is 5.92 Å². The third-order valence-corrected chi connectivity index (χ3v) is 3.33. The van der Waals surface area contributed by atoms with Gasteiger partial charge in [-0.15, -0.1) is 11.8 Å². The van der Waals surface area contributed by atoms with Crippen molar-refractivity contribution in [3.05, 3.63) is 11.0 Å². The molecule has 0 radical (unpaired) electrons. The van der Waals surface area contributed by atoms with E-state index in [4.69, 9.17) is 0 Å². The minimum atomic E-state index is 0.191. The van der Waals surface area contributed by atoms with Crippen molar-refractivity contribution in [2.45, 2.75) is 27.2 Å². The van der Waals surface area contributed by atoms with Crippen LogP contribution in [0.2, 0.25) is 0 Å². The van der Waals surface area contributed by atoms with Crippen LogP contribution in [0.5, 0.6) is 0 Å². The number of rotatable bonds is 6. The quantitative estimate of drug-likeness (QED) is 0.539. The van der Waals surface area contributed by atoms with E-state index >= 15 is 0 Å². The van der Waals surface area contributed by atoms with E-state index < -0.39 is 0 Å². The Morgan fingerprint density at radius 3 is 2.54 bits per heavy atom. The lowest BCUT2D eigenvalue weighted by molar-refractivity contribution is -0.112. The number of ketones is 1. The number of hydrogen-bond acceptors (Lipinski definition) is 2. The molecule has 3 heteroatoms. The maximum absolute atomic E-state index is 11.3. The predicted molar refractivity (Wildman–Crippen MR) is 64.5 cm³/mol. The largest absolute Gasteiger partial charge is 0.293 e. The Kier molecular flexibility index (Phi) is 7.77. The van der Waals surface area contributed by atoms with Crippen LogP contribution in [0.3, 0.4) is 0 Å². The van der Waals surface area contributed by atoms with Gasteiger partial charge in [0.15, 0.2) is 5.78 Å². The van der Waals surface area contributed by atoms with Crippen LogP contribution in [0.25, 0.3) is 0 Å². The molecule has 0 heterocycles. The van der Waals surface area contributed by atoms with Gasteiger partial charge >= 0.3 is 0 Å². The van der Waals surface area contributed by atoms with Crippen molar-refractivity contribution in [3.63, 3.8) is 0 Å². The second-order valence-electron chi connectivity index (χ2n) is 3.24. The molecule has 13 heavy (non-hydrogen) atoms. The van der Waals surface area contributed by atoms with Gasteiger partial charge in [0.1, 0.15) is 0 Å². The lowest BCUT2D eigenvalue weighted by Gasteiger charge is -2.05. The van der Waals surface area contributed by atoms with Gasteiger partial charge in [0.25, 0.3) is 0 Å². The van der Waals surface area contributed by atoms with Crippen LogP contribution in [0.1, 0.15) is 27.2 Å². The Balaban J connectivity index is 3.81. The number of Topliss-reactive ketones (excluding diaryl/α,β-unsaturated/α-hetero) is 1. The molecule has 0 saturated carbocycles. The zero-order valence-corrected chi connectivity index (χ0v) is 10.9. The van der Waals surface area contributed by atoms with Gasteiger partial charge in [0.2, 0.25) is 0 Å². The lowest BCUT2D eigenvalue weighted by Crippen LogP contribution is -2.01. The molecule has 76 valence electrons. The molecule has 0 saturated heterocycles. The molecule has 0 aromatic rings. The molecule has 0 bridgehead atoms. The minimum Gasteiger partial charge on any atom is -0.293 e. The van der Waals surface area contributed by atoms with Crippen molar-refractivity contribution in [1.82, 2.24) is 0 Å². The Hall–Kier alpha value is 0.240. The molecule has 0 rings (SSSR count). The lowest BCUT2D eigenvalue weighted by atomic mass is 10.2. The van der Waals surface area contributed by atoms with Crippen molar-refractivity contribution in [2.75, 3.05) is 11.1 Å². The van der Waals surface area contributed by atoms with Crippen LogP contribution in [-0.2, 0) is 4.79 Å². The van der Waals surface area contributed by atoms with E-state index in [1.807, 2.05) is 13.0 Å². The molecule has 0 aromatic carbocycles. The van der Waals surface area contributed by atoms with Crippen LogP contribution in [0, 0.1) is 5.92 Å². The summed E-state index contributed by atoms with van der Waals surface area (Å²) < 4.78 is 0. The van der Waals surface area contributed by atoms with Crippen LogP contribution in [0.4, 0.5) is 0 Å². The highest BCUT2D eigenvalue weighted by atomic mass is 79.9. The molecule has 0 aliphatic rings. The summed E-state index contributed by atoms with van der Waals surface area (Å²) in [5, 5.41) is 0.432. The maximum atomic E-state index is 11.3. The number of thioether (sulfide) groups is 1.